The Kier molecular flexibility index (Phi) is 6.17. The number of benzene rings is 1. The molecule has 0 aliphatic heterocycles. The lowest BCUT2D eigenvalue weighted by molar-refractivity contribution is -0.138. The zero-order valence-corrected chi connectivity index (χ0v) is 12.9. The maximum absolute atomic E-state index is 12.3. The first-order valence-electron chi connectivity index (χ1n) is 6.64. The minimum absolute atomic E-state index is 0.347. The van der Waals surface area contributed by atoms with E-state index in [1.807, 2.05) is 0 Å². The Morgan fingerprint density at radius 1 is 1.19 bits per heavy atom. The average molecular weight is 294 g/mol. The lowest BCUT2D eigenvalue weighted by atomic mass is 9.91. The van der Waals surface area contributed by atoms with Crippen molar-refractivity contribution in [3.8, 4) is 5.75 Å². The minimum Gasteiger partial charge on any atom is -0.497 e. The topological polar surface area (TPSA) is 76.7 Å². The largest absolute Gasteiger partial charge is 0.497 e. The van der Waals surface area contributed by atoms with Gasteiger partial charge in [-0.2, -0.15) is 0 Å². The quantitative estimate of drug-likeness (QED) is 0.589. The van der Waals surface area contributed by atoms with Gasteiger partial charge in [0.2, 0.25) is 11.8 Å². The number of hydrogen-bond acceptors (Lipinski definition) is 4. The van der Waals surface area contributed by atoms with Crippen molar-refractivity contribution in [2.45, 2.75) is 13.8 Å². The van der Waals surface area contributed by atoms with Crippen LogP contribution >= 0.6 is 0 Å². The van der Waals surface area contributed by atoms with Gasteiger partial charge in [-0.1, -0.05) is 6.07 Å². The van der Waals surface area contributed by atoms with E-state index in [9.17, 15) is 9.59 Å². The van der Waals surface area contributed by atoms with Crippen LogP contribution in [0.3, 0.4) is 0 Å². The SMILES string of the molecule is COCCNC(=O)C(C)(C)C(=O)Nc1cccc(OC)c1. The number of ether oxygens (including phenoxy) is 2. The van der Waals surface area contributed by atoms with Crippen LogP contribution < -0.4 is 15.4 Å². The van der Waals surface area contributed by atoms with Crippen molar-refractivity contribution in [3.05, 3.63) is 24.3 Å². The van der Waals surface area contributed by atoms with Gasteiger partial charge in [-0.15, -0.1) is 0 Å². The van der Waals surface area contributed by atoms with Crippen LogP contribution in [0.2, 0.25) is 0 Å². The van der Waals surface area contributed by atoms with Crippen molar-refractivity contribution in [3.63, 3.8) is 0 Å². The van der Waals surface area contributed by atoms with Gasteiger partial charge in [0.25, 0.3) is 0 Å². The summed E-state index contributed by atoms with van der Waals surface area (Å²) in [6.45, 7) is 3.92. The molecule has 0 heterocycles. The van der Waals surface area contributed by atoms with Gasteiger partial charge in [0, 0.05) is 25.4 Å². The highest BCUT2D eigenvalue weighted by Gasteiger charge is 2.35. The van der Waals surface area contributed by atoms with Gasteiger partial charge in [0.1, 0.15) is 11.2 Å². The molecule has 21 heavy (non-hydrogen) atoms. The Balaban J connectivity index is 2.69. The minimum atomic E-state index is -1.18. The lowest BCUT2D eigenvalue weighted by Gasteiger charge is -2.22. The summed E-state index contributed by atoms with van der Waals surface area (Å²) in [5.74, 6) is -0.0965. The van der Waals surface area contributed by atoms with E-state index in [-0.39, 0.29) is 11.8 Å². The molecule has 6 heteroatoms. The fourth-order valence-electron chi connectivity index (χ4n) is 1.58. The molecule has 0 unspecified atom stereocenters. The normalized spacial score (nSPS) is 10.9. The van der Waals surface area contributed by atoms with Crippen molar-refractivity contribution < 1.29 is 19.1 Å². The van der Waals surface area contributed by atoms with Gasteiger partial charge in [0.15, 0.2) is 0 Å². The summed E-state index contributed by atoms with van der Waals surface area (Å²) in [6.07, 6.45) is 0. The first-order chi connectivity index (χ1) is 9.91. The molecule has 0 fully saturated rings. The van der Waals surface area contributed by atoms with Crippen LogP contribution in [-0.2, 0) is 14.3 Å². The molecule has 0 spiro atoms. The molecule has 116 valence electrons. The number of nitrogens with one attached hydrogen (secondary N) is 2. The third kappa shape index (κ3) is 4.75. The van der Waals surface area contributed by atoms with Crippen molar-refractivity contribution in [2.24, 2.45) is 5.41 Å². The average Bonchev–Trinajstić information content (AvgIpc) is 2.47. The first-order valence-corrected chi connectivity index (χ1v) is 6.64. The van der Waals surface area contributed by atoms with Crippen molar-refractivity contribution in [1.29, 1.82) is 0 Å². The zero-order chi connectivity index (χ0) is 15.9. The molecule has 0 atom stereocenters. The van der Waals surface area contributed by atoms with E-state index in [1.54, 1.807) is 52.3 Å². The number of hydrogen-bond donors (Lipinski definition) is 2. The highest BCUT2D eigenvalue weighted by atomic mass is 16.5. The van der Waals surface area contributed by atoms with E-state index < -0.39 is 5.41 Å². The maximum Gasteiger partial charge on any atom is 0.239 e. The maximum atomic E-state index is 12.3. The Hall–Kier alpha value is -2.08. The van der Waals surface area contributed by atoms with E-state index in [1.165, 1.54) is 0 Å². The molecule has 0 aliphatic carbocycles. The monoisotopic (exact) mass is 294 g/mol. The third-order valence-corrected chi connectivity index (χ3v) is 3.05. The second kappa shape index (κ2) is 7.64. The van der Waals surface area contributed by atoms with Gasteiger partial charge >= 0.3 is 0 Å². The van der Waals surface area contributed by atoms with Gasteiger partial charge in [-0.3, -0.25) is 9.59 Å². The standard InChI is InChI=1S/C15H22N2O4/c1-15(2,13(18)16-8-9-20-3)14(19)17-11-6-5-7-12(10-11)21-4/h5-7,10H,8-9H2,1-4H3,(H,16,18)(H,17,19). The van der Waals surface area contributed by atoms with Crippen LogP contribution in [0.4, 0.5) is 5.69 Å². The summed E-state index contributed by atoms with van der Waals surface area (Å²) in [7, 11) is 3.10. The van der Waals surface area contributed by atoms with Crippen LogP contribution in [0.1, 0.15) is 13.8 Å². The highest BCUT2D eigenvalue weighted by Crippen LogP contribution is 2.21. The van der Waals surface area contributed by atoms with Crippen molar-refractivity contribution >= 4 is 17.5 Å². The Morgan fingerprint density at radius 3 is 2.52 bits per heavy atom. The Morgan fingerprint density at radius 2 is 1.90 bits per heavy atom. The van der Waals surface area contributed by atoms with Crippen LogP contribution in [0.5, 0.6) is 5.75 Å². The fourth-order valence-corrected chi connectivity index (χ4v) is 1.58. The molecular formula is C15H22N2O4. The van der Waals surface area contributed by atoms with E-state index in [0.717, 1.165) is 0 Å². The third-order valence-electron chi connectivity index (χ3n) is 3.05. The summed E-state index contributed by atoms with van der Waals surface area (Å²) in [6, 6.07) is 6.97. The second-order valence-corrected chi connectivity index (χ2v) is 5.06. The number of carbonyl (C=O) groups is 2. The lowest BCUT2D eigenvalue weighted by Crippen LogP contribution is -2.45. The van der Waals surface area contributed by atoms with Crippen molar-refractivity contribution in [1.82, 2.24) is 5.32 Å². The van der Waals surface area contributed by atoms with Crippen LogP contribution in [-0.4, -0.2) is 39.2 Å². The van der Waals surface area contributed by atoms with Crippen LogP contribution in [0, 0.1) is 5.41 Å². The van der Waals surface area contributed by atoms with Gasteiger partial charge in [-0.25, -0.2) is 0 Å². The van der Waals surface area contributed by atoms with Gasteiger partial charge in [0.05, 0.1) is 13.7 Å². The molecule has 0 aliphatic rings. The summed E-state index contributed by atoms with van der Waals surface area (Å²) >= 11 is 0. The van der Waals surface area contributed by atoms with Gasteiger partial charge in [-0.05, 0) is 26.0 Å². The molecule has 0 aromatic heterocycles. The Labute approximate surface area is 124 Å². The summed E-state index contributed by atoms with van der Waals surface area (Å²) in [4.78, 5) is 24.3. The zero-order valence-electron chi connectivity index (χ0n) is 12.9. The molecule has 6 nitrogen and oxygen atoms in total. The number of methoxy groups -OCH3 is 2. The smallest absolute Gasteiger partial charge is 0.239 e. The highest BCUT2D eigenvalue weighted by molar-refractivity contribution is 6.09. The number of amides is 2. The molecule has 1 rings (SSSR count). The molecular weight excluding hydrogens is 272 g/mol. The molecule has 0 bridgehead atoms. The Bertz CT molecular complexity index is 500. The van der Waals surface area contributed by atoms with E-state index in [4.69, 9.17) is 9.47 Å². The predicted octanol–water partition coefficient (Wildman–Crippen LogP) is 1.42. The van der Waals surface area contributed by atoms with E-state index >= 15 is 0 Å². The summed E-state index contributed by atoms with van der Waals surface area (Å²) in [5.41, 5.74) is -0.603. The molecule has 0 saturated carbocycles. The molecule has 2 amide bonds. The molecule has 1 aromatic carbocycles. The second-order valence-electron chi connectivity index (χ2n) is 5.06. The number of anilines is 1. The molecule has 1 aromatic rings. The van der Waals surface area contributed by atoms with E-state index in [0.29, 0.717) is 24.6 Å². The molecule has 0 radical (unpaired) electrons. The number of carbonyl (C=O) groups excluding carboxylic acids is 2. The van der Waals surface area contributed by atoms with Crippen molar-refractivity contribution in [2.75, 3.05) is 32.7 Å². The number of rotatable bonds is 7. The molecule has 0 saturated heterocycles. The van der Waals surface area contributed by atoms with Crippen LogP contribution in [0.15, 0.2) is 24.3 Å². The first kappa shape index (κ1) is 17.0. The fraction of sp³-hybridized carbons (Fsp3) is 0.467. The molecule has 2 N–H and O–H groups in total. The van der Waals surface area contributed by atoms with Gasteiger partial charge < -0.3 is 20.1 Å². The van der Waals surface area contributed by atoms with E-state index in [2.05, 4.69) is 10.6 Å². The van der Waals surface area contributed by atoms with Crippen LogP contribution in [0.25, 0.3) is 0 Å². The summed E-state index contributed by atoms with van der Waals surface area (Å²) < 4.78 is 9.95. The summed E-state index contributed by atoms with van der Waals surface area (Å²) in [5, 5.41) is 5.38. The predicted molar refractivity (Wildman–Crippen MR) is 80.3 cm³/mol.